The van der Waals surface area contributed by atoms with Gasteiger partial charge in [-0.15, -0.1) is 0 Å². The van der Waals surface area contributed by atoms with Gasteiger partial charge in [-0.05, 0) is 146 Å². The SMILES string of the molecule is CC1(C)c2ccccc2-c2c1ccc1c2Oc2c(cccc2-c2ccc(N(c3ccc(-c4cccc5c4Sc4c(ccc6c4-c4ccccc4C6(C)C)S5)cc3)c3ccc4c(c3)C(C)(C)c3ccc5c(c3-4)Sc3ccccc3S5)cc2)O1. The molecule has 394 valence electrons. The van der Waals surface area contributed by atoms with Crippen LogP contribution in [0.2, 0.25) is 0 Å². The molecule has 3 aliphatic heterocycles. The fourth-order valence-corrected chi connectivity index (χ4v) is 19.1. The summed E-state index contributed by atoms with van der Waals surface area (Å²) in [4.78, 5) is 13.1. The quantitative estimate of drug-likeness (QED) is 0.169. The molecule has 17 rings (SSSR count). The number of nitrogens with zero attached hydrogens (tertiary/aromatic N) is 1. The summed E-state index contributed by atoms with van der Waals surface area (Å²) in [6.45, 7) is 14.2. The molecule has 0 N–H and O–H groups in total. The van der Waals surface area contributed by atoms with E-state index in [2.05, 4.69) is 253 Å². The number of ether oxygens (including phenoxy) is 2. The van der Waals surface area contributed by atoms with Crippen LogP contribution in [0.15, 0.2) is 251 Å². The van der Waals surface area contributed by atoms with Crippen molar-refractivity contribution in [2.24, 2.45) is 0 Å². The van der Waals surface area contributed by atoms with Crippen molar-refractivity contribution in [3.63, 3.8) is 0 Å². The lowest BCUT2D eigenvalue weighted by Gasteiger charge is -2.29. The van der Waals surface area contributed by atoms with Crippen LogP contribution in [0.4, 0.5) is 17.1 Å². The van der Waals surface area contributed by atoms with Crippen molar-refractivity contribution in [1.29, 1.82) is 0 Å². The van der Waals surface area contributed by atoms with E-state index in [0.717, 1.165) is 51.0 Å². The van der Waals surface area contributed by atoms with Gasteiger partial charge in [-0.3, -0.25) is 0 Å². The minimum absolute atomic E-state index is 0.0552. The molecule has 0 aromatic heterocycles. The Bertz CT molecular complexity index is 4400. The van der Waals surface area contributed by atoms with Crippen molar-refractivity contribution in [3.05, 3.63) is 246 Å². The minimum Gasteiger partial charge on any atom is -0.449 e. The van der Waals surface area contributed by atoms with Gasteiger partial charge in [0, 0.05) is 94.7 Å². The maximum absolute atomic E-state index is 7.11. The zero-order chi connectivity index (χ0) is 55.0. The zero-order valence-electron chi connectivity index (χ0n) is 46.1. The summed E-state index contributed by atoms with van der Waals surface area (Å²) in [6.07, 6.45) is 0. The Kier molecular flexibility index (Phi) is 10.5. The van der Waals surface area contributed by atoms with Crippen LogP contribution in [0.5, 0.6) is 23.0 Å². The van der Waals surface area contributed by atoms with Crippen molar-refractivity contribution in [3.8, 4) is 78.6 Å². The van der Waals surface area contributed by atoms with Crippen LogP contribution in [-0.4, -0.2) is 0 Å². The van der Waals surface area contributed by atoms with Gasteiger partial charge >= 0.3 is 0 Å². The second kappa shape index (κ2) is 17.6. The number of benzene rings is 11. The predicted octanol–water partition coefficient (Wildman–Crippen LogP) is 22.5. The van der Waals surface area contributed by atoms with E-state index in [1.807, 2.05) is 53.1 Å². The maximum Gasteiger partial charge on any atom is 0.178 e. The Morgan fingerprint density at radius 1 is 0.293 bits per heavy atom. The molecule has 0 spiro atoms. The number of hydrogen-bond acceptors (Lipinski definition) is 7. The summed E-state index contributed by atoms with van der Waals surface area (Å²) in [7, 11) is 0. The molecule has 0 fully saturated rings. The first-order chi connectivity index (χ1) is 39.9. The van der Waals surface area contributed by atoms with Gasteiger partial charge in [-0.2, -0.15) is 0 Å². The van der Waals surface area contributed by atoms with E-state index < -0.39 is 0 Å². The molecular formula is C75H53NO2S4. The highest BCUT2D eigenvalue weighted by Crippen LogP contribution is 2.63. The fourth-order valence-electron chi connectivity index (χ4n) is 14.1. The standard InChI is InChI=1S/C75H53NO2S4/c1-73(2)52-19-9-7-15-49(52)65-54(73)35-38-59-69(65)78-68-47(17-13-21-58(68)77-59)42-25-29-44(30-26-42)76(46-33-34-51-57(41-46)75(5,6)56-37-39-63-71(67(51)56)81-61-23-12-11-22-60(61)79-63)45-31-27-43(28-32-45)48-18-14-24-62-70(48)82-72-64(80-62)40-36-55-66(72)50-16-8-10-20-53(50)74(55,3)4/h7-41H,1-6H3. The van der Waals surface area contributed by atoms with E-state index in [1.54, 1.807) is 0 Å². The second-order valence-corrected chi connectivity index (χ2v) is 28.1. The van der Waals surface area contributed by atoms with Crippen molar-refractivity contribution in [2.75, 3.05) is 4.90 Å². The lowest BCUT2D eigenvalue weighted by molar-refractivity contribution is 0.361. The number of anilines is 3. The molecule has 0 saturated carbocycles. The molecule has 3 aliphatic carbocycles. The molecule has 11 aromatic carbocycles. The van der Waals surface area contributed by atoms with E-state index in [1.165, 1.54) is 111 Å². The number of para-hydroxylation sites is 1. The monoisotopic (exact) mass is 1130 g/mol. The molecule has 11 aromatic rings. The lowest BCUT2D eigenvalue weighted by atomic mass is 9.82. The first-order valence-corrected chi connectivity index (χ1v) is 31.5. The van der Waals surface area contributed by atoms with Crippen molar-refractivity contribution in [2.45, 2.75) is 97.0 Å². The predicted molar refractivity (Wildman–Crippen MR) is 341 cm³/mol. The molecule has 82 heavy (non-hydrogen) atoms. The van der Waals surface area contributed by atoms with Crippen LogP contribution in [-0.2, 0) is 16.2 Å². The van der Waals surface area contributed by atoms with E-state index >= 15 is 0 Å². The van der Waals surface area contributed by atoms with E-state index in [4.69, 9.17) is 9.47 Å². The second-order valence-electron chi connectivity index (χ2n) is 23.9. The van der Waals surface area contributed by atoms with Gasteiger partial charge in [-0.25, -0.2) is 0 Å². The van der Waals surface area contributed by atoms with Gasteiger partial charge < -0.3 is 14.4 Å². The largest absolute Gasteiger partial charge is 0.449 e. The number of rotatable bonds is 5. The first kappa shape index (κ1) is 48.9. The Hall–Kier alpha value is -7.78. The maximum atomic E-state index is 7.11. The van der Waals surface area contributed by atoms with Crippen LogP contribution in [0.3, 0.4) is 0 Å². The molecule has 0 atom stereocenters. The molecule has 0 bridgehead atoms. The van der Waals surface area contributed by atoms with Crippen LogP contribution >= 0.6 is 47.0 Å². The molecule has 0 saturated heterocycles. The molecule has 7 heteroatoms. The fraction of sp³-hybridized carbons (Fsp3) is 0.120. The summed E-state index contributed by atoms with van der Waals surface area (Å²) in [5.41, 5.74) is 23.2. The highest BCUT2D eigenvalue weighted by Gasteiger charge is 2.43. The van der Waals surface area contributed by atoms with Gasteiger partial charge in [0.1, 0.15) is 0 Å². The molecule has 3 nitrogen and oxygen atoms in total. The van der Waals surface area contributed by atoms with E-state index in [9.17, 15) is 0 Å². The molecular weight excluding hydrogens is 1080 g/mol. The van der Waals surface area contributed by atoms with Crippen LogP contribution in [0.1, 0.15) is 74.9 Å². The number of fused-ring (bicyclic) bond motifs is 18. The molecule has 0 amide bonds. The lowest BCUT2D eigenvalue weighted by Crippen LogP contribution is -2.16. The molecule has 0 unspecified atom stereocenters. The average molecular weight is 1130 g/mol. The smallest absolute Gasteiger partial charge is 0.178 e. The molecule has 0 radical (unpaired) electrons. The summed E-state index contributed by atoms with van der Waals surface area (Å²) < 4.78 is 13.8. The first-order valence-electron chi connectivity index (χ1n) is 28.2. The summed E-state index contributed by atoms with van der Waals surface area (Å²) in [6, 6.07) is 78.9. The third kappa shape index (κ3) is 6.97. The van der Waals surface area contributed by atoms with Crippen LogP contribution in [0, 0.1) is 0 Å². The van der Waals surface area contributed by atoms with Gasteiger partial charge in [0.05, 0.1) is 0 Å². The van der Waals surface area contributed by atoms with Gasteiger partial charge in [0.25, 0.3) is 0 Å². The van der Waals surface area contributed by atoms with E-state index in [0.29, 0.717) is 5.75 Å². The van der Waals surface area contributed by atoms with Crippen LogP contribution < -0.4 is 14.4 Å². The van der Waals surface area contributed by atoms with Crippen LogP contribution in [0.25, 0.3) is 55.6 Å². The summed E-state index contributed by atoms with van der Waals surface area (Å²) in [5.74, 6) is 2.96. The average Bonchev–Trinajstić information content (AvgIpc) is 2.98. The Balaban J connectivity index is 0.763. The van der Waals surface area contributed by atoms with Crippen molar-refractivity contribution >= 4 is 64.1 Å². The van der Waals surface area contributed by atoms with E-state index in [-0.39, 0.29) is 16.2 Å². The summed E-state index contributed by atoms with van der Waals surface area (Å²) in [5, 5.41) is 0. The third-order valence-corrected chi connectivity index (χ3v) is 23.5. The Morgan fingerprint density at radius 2 is 0.756 bits per heavy atom. The minimum atomic E-state index is -0.221. The van der Waals surface area contributed by atoms with Gasteiger partial charge in [0.15, 0.2) is 23.0 Å². The topological polar surface area (TPSA) is 21.7 Å². The molecule has 6 aliphatic rings. The number of hydrogen-bond donors (Lipinski definition) is 0. The zero-order valence-corrected chi connectivity index (χ0v) is 49.4. The highest BCUT2D eigenvalue weighted by molar-refractivity contribution is 8.05. The van der Waals surface area contributed by atoms with Crippen molar-refractivity contribution < 1.29 is 9.47 Å². The van der Waals surface area contributed by atoms with Gasteiger partial charge in [-0.1, -0.05) is 222 Å². The third-order valence-electron chi connectivity index (χ3n) is 18.3. The molecule has 3 heterocycles. The normalized spacial score (nSPS) is 15.7. The van der Waals surface area contributed by atoms with Gasteiger partial charge in [0.2, 0.25) is 0 Å². The summed E-state index contributed by atoms with van der Waals surface area (Å²) >= 11 is 7.66. The Morgan fingerprint density at radius 3 is 1.44 bits per heavy atom. The Labute approximate surface area is 496 Å². The highest BCUT2D eigenvalue weighted by atomic mass is 32.2. The van der Waals surface area contributed by atoms with Crippen molar-refractivity contribution in [1.82, 2.24) is 0 Å².